The summed E-state index contributed by atoms with van der Waals surface area (Å²) in [5.41, 5.74) is -0.280. The van der Waals surface area contributed by atoms with Crippen molar-refractivity contribution in [2.45, 2.75) is 24.7 Å². The van der Waals surface area contributed by atoms with Gasteiger partial charge in [-0.25, -0.2) is 13.6 Å². The van der Waals surface area contributed by atoms with Crippen LogP contribution >= 0.6 is 0 Å². The van der Waals surface area contributed by atoms with Crippen LogP contribution in [0.2, 0.25) is 0 Å². The Labute approximate surface area is 139 Å². The maximum absolute atomic E-state index is 13.9. The van der Waals surface area contributed by atoms with E-state index in [4.69, 9.17) is 4.74 Å². The summed E-state index contributed by atoms with van der Waals surface area (Å²) >= 11 is 0. The minimum Gasteiger partial charge on any atom is -0.439 e. The van der Waals surface area contributed by atoms with Crippen molar-refractivity contribution in [1.29, 1.82) is 0 Å². The molecule has 0 spiro atoms. The fourth-order valence-electron chi connectivity index (χ4n) is 2.71. The number of hydrogen-bond acceptors (Lipinski definition) is 2. The molecule has 3 nitrogen and oxygen atoms in total. The highest BCUT2D eigenvalue weighted by Crippen LogP contribution is 2.32. The zero-order valence-electron chi connectivity index (χ0n) is 12.6. The molecule has 2 aromatic carbocycles. The molecule has 132 valence electrons. The van der Waals surface area contributed by atoms with E-state index < -0.39 is 41.6 Å². The summed E-state index contributed by atoms with van der Waals surface area (Å²) < 4.78 is 69.8. The fraction of sp³-hybridized carbons (Fsp3) is 0.235. The molecule has 1 fully saturated rings. The Kier molecular flexibility index (Phi) is 4.36. The molecule has 1 N–H and O–H groups in total. The van der Waals surface area contributed by atoms with E-state index in [1.807, 2.05) is 0 Å². The third kappa shape index (κ3) is 3.72. The number of ether oxygens (including phenoxy) is 1. The molecule has 2 aromatic rings. The molecule has 3 rings (SSSR count). The highest BCUT2D eigenvalue weighted by Gasteiger charge is 2.37. The van der Waals surface area contributed by atoms with Crippen molar-refractivity contribution in [3.05, 3.63) is 70.8 Å². The van der Waals surface area contributed by atoms with E-state index in [2.05, 4.69) is 5.32 Å². The number of amides is 1. The van der Waals surface area contributed by atoms with E-state index in [0.29, 0.717) is 11.6 Å². The summed E-state index contributed by atoms with van der Waals surface area (Å²) in [6, 6.07) is 6.63. The van der Waals surface area contributed by atoms with E-state index in [0.717, 1.165) is 18.2 Å². The second-order valence-electron chi connectivity index (χ2n) is 5.64. The molecular weight excluding hydrogens is 345 g/mol. The summed E-state index contributed by atoms with van der Waals surface area (Å²) in [6.45, 7) is 0. The number of nitrogens with one attached hydrogen (secondary N) is 1. The molecule has 1 saturated heterocycles. The van der Waals surface area contributed by atoms with Gasteiger partial charge in [-0.1, -0.05) is 12.1 Å². The SMILES string of the molecule is O=C1NC(Cc2ccc(C(F)(F)F)cc2)C(c2ccc(F)cc2F)O1. The van der Waals surface area contributed by atoms with Gasteiger partial charge in [-0.15, -0.1) is 0 Å². The van der Waals surface area contributed by atoms with Gasteiger partial charge in [0, 0.05) is 11.6 Å². The predicted octanol–water partition coefficient (Wildman–Crippen LogP) is 4.38. The number of benzene rings is 2. The number of halogens is 5. The van der Waals surface area contributed by atoms with Crippen LogP contribution in [0.15, 0.2) is 42.5 Å². The van der Waals surface area contributed by atoms with Crippen LogP contribution < -0.4 is 5.32 Å². The lowest BCUT2D eigenvalue weighted by Crippen LogP contribution is -2.30. The standard InChI is InChI=1S/C17H12F5NO2/c18-11-5-6-12(13(19)8-11)15-14(23-16(24)25-15)7-9-1-3-10(4-2-9)17(20,21)22/h1-6,8,14-15H,7H2,(H,23,24). The lowest BCUT2D eigenvalue weighted by molar-refractivity contribution is -0.137. The minimum atomic E-state index is -4.44. The molecule has 0 aliphatic carbocycles. The molecule has 0 bridgehead atoms. The van der Waals surface area contributed by atoms with E-state index in [1.54, 1.807) is 0 Å². The molecule has 0 saturated carbocycles. The third-order valence-corrected chi connectivity index (χ3v) is 3.91. The largest absolute Gasteiger partial charge is 0.439 e. The summed E-state index contributed by atoms with van der Waals surface area (Å²) in [7, 11) is 0. The average Bonchev–Trinajstić information content (AvgIpc) is 2.87. The van der Waals surface area contributed by atoms with Crippen LogP contribution in [0.5, 0.6) is 0 Å². The van der Waals surface area contributed by atoms with Crippen LogP contribution in [-0.4, -0.2) is 12.1 Å². The van der Waals surface area contributed by atoms with Gasteiger partial charge in [-0.2, -0.15) is 13.2 Å². The molecule has 1 aliphatic heterocycles. The molecule has 1 heterocycles. The van der Waals surface area contributed by atoms with Crippen molar-refractivity contribution in [3.63, 3.8) is 0 Å². The van der Waals surface area contributed by atoms with Crippen molar-refractivity contribution in [2.24, 2.45) is 0 Å². The molecule has 1 aliphatic rings. The van der Waals surface area contributed by atoms with Gasteiger partial charge >= 0.3 is 12.3 Å². The van der Waals surface area contributed by atoms with E-state index >= 15 is 0 Å². The first-order valence-electron chi connectivity index (χ1n) is 7.32. The Hall–Kier alpha value is -2.64. The quantitative estimate of drug-likeness (QED) is 0.828. The number of alkyl carbamates (subject to hydrolysis) is 1. The Morgan fingerprint density at radius 2 is 1.72 bits per heavy atom. The van der Waals surface area contributed by atoms with Crippen LogP contribution in [0.3, 0.4) is 0 Å². The molecule has 0 aromatic heterocycles. The summed E-state index contributed by atoms with van der Waals surface area (Å²) in [5, 5.41) is 2.49. The normalized spacial score (nSPS) is 20.3. The lowest BCUT2D eigenvalue weighted by atomic mass is 9.96. The van der Waals surface area contributed by atoms with Crippen LogP contribution in [0.4, 0.5) is 26.7 Å². The average molecular weight is 357 g/mol. The lowest BCUT2D eigenvalue weighted by Gasteiger charge is -2.18. The summed E-state index contributed by atoms with van der Waals surface area (Å²) in [6.07, 6.45) is -6.09. The number of carbonyl (C=O) groups excluding carboxylic acids is 1. The van der Waals surface area contributed by atoms with E-state index in [9.17, 15) is 26.7 Å². The predicted molar refractivity (Wildman–Crippen MR) is 77.7 cm³/mol. The number of hydrogen-bond donors (Lipinski definition) is 1. The zero-order chi connectivity index (χ0) is 18.2. The maximum atomic E-state index is 13.9. The molecule has 0 radical (unpaired) electrons. The Morgan fingerprint density at radius 3 is 2.32 bits per heavy atom. The van der Waals surface area contributed by atoms with Crippen molar-refractivity contribution < 1.29 is 31.5 Å². The van der Waals surface area contributed by atoms with Crippen LogP contribution in [0.25, 0.3) is 0 Å². The Bertz CT molecular complexity index is 789. The van der Waals surface area contributed by atoms with Gasteiger partial charge in [0.05, 0.1) is 11.6 Å². The molecule has 2 unspecified atom stereocenters. The second-order valence-corrected chi connectivity index (χ2v) is 5.64. The fourth-order valence-corrected chi connectivity index (χ4v) is 2.71. The Morgan fingerprint density at radius 1 is 1.04 bits per heavy atom. The van der Waals surface area contributed by atoms with Gasteiger partial charge in [-0.3, -0.25) is 0 Å². The van der Waals surface area contributed by atoms with Crippen molar-refractivity contribution >= 4 is 6.09 Å². The number of carbonyl (C=O) groups is 1. The number of rotatable bonds is 3. The monoisotopic (exact) mass is 357 g/mol. The third-order valence-electron chi connectivity index (χ3n) is 3.91. The molecular formula is C17H12F5NO2. The minimum absolute atomic E-state index is 0.00309. The highest BCUT2D eigenvalue weighted by molar-refractivity contribution is 5.70. The smallest absolute Gasteiger partial charge is 0.416 e. The Balaban J connectivity index is 1.81. The van der Waals surface area contributed by atoms with Gasteiger partial charge in [0.2, 0.25) is 0 Å². The number of alkyl halides is 3. The zero-order valence-corrected chi connectivity index (χ0v) is 12.6. The van der Waals surface area contributed by atoms with Gasteiger partial charge in [-0.05, 0) is 36.2 Å². The highest BCUT2D eigenvalue weighted by atomic mass is 19.4. The van der Waals surface area contributed by atoms with Crippen molar-refractivity contribution in [2.75, 3.05) is 0 Å². The summed E-state index contributed by atoms with van der Waals surface area (Å²) in [5.74, 6) is -1.63. The van der Waals surface area contributed by atoms with E-state index in [1.165, 1.54) is 18.2 Å². The first kappa shape index (κ1) is 17.2. The van der Waals surface area contributed by atoms with E-state index in [-0.39, 0.29) is 12.0 Å². The topological polar surface area (TPSA) is 38.3 Å². The van der Waals surface area contributed by atoms with Gasteiger partial charge in [0.1, 0.15) is 11.6 Å². The second kappa shape index (κ2) is 6.34. The van der Waals surface area contributed by atoms with Crippen molar-refractivity contribution in [3.8, 4) is 0 Å². The number of cyclic esters (lactones) is 1. The van der Waals surface area contributed by atoms with Crippen molar-refractivity contribution in [1.82, 2.24) is 5.32 Å². The van der Waals surface area contributed by atoms with Gasteiger partial charge in [0.15, 0.2) is 6.10 Å². The van der Waals surface area contributed by atoms with Gasteiger partial charge in [0.25, 0.3) is 0 Å². The molecule has 1 amide bonds. The van der Waals surface area contributed by atoms with Crippen LogP contribution in [-0.2, 0) is 17.3 Å². The first-order valence-corrected chi connectivity index (χ1v) is 7.32. The van der Waals surface area contributed by atoms with Gasteiger partial charge < -0.3 is 10.1 Å². The van der Waals surface area contributed by atoms with Crippen LogP contribution in [0.1, 0.15) is 22.8 Å². The molecule has 2 atom stereocenters. The maximum Gasteiger partial charge on any atom is 0.416 e. The first-order chi connectivity index (χ1) is 11.7. The summed E-state index contributed by atoms with van der Waals surface area (Å²) in [4.78, 5) is 11.5. The van der Waals surface area contributed by atoms with Crippen LogP contribution in [0, 0.1) is 11.6 Å². The molecule has 25 heavy (non-hydrogen) atoms. The molecule has 8 heteroatoms.